The van der Waals surface area contributed by atoms with Gasteiger partial charge >= 0.3 is 0 Å². The maximum Gasteiger partial charge on any atom is 0.243 e. The first-order valence-electron chi connectivity index (χ1n) is 12.4. The highest BCUT2D eigenvalue weighted by molar-refractivity contribution is 5.87. The van der Waals surface area contributed by atoms with E-state index in [0.717, 1.165) is 79.0 Å². The molecule has 1 aromatic heterocycles. The minimum absolute atomic E-state index is 0.0261. The molecule has 0 saturated carbocycles. The maximum atomic E-state index is 11.5. The third-order valence-corrected chi connectivity index (χ3v) is 5.82. The van der Waals surface area contributed by atoms with Crippen LogP contribution in [0.15, 0.2) is 67.3 Å². The van der Waals surface area contributed by atoms with Crippen molar-refractivity contribution >= 4 is 16.9 Å². The Bertz CT molecular complexity index is 1130. The number of ether oxygens (including phenoxy) is 2. The number of methoxy groups -OCH3 is 1. The fraction of sp³-hybridized carbons (Fsp3) is 0.379. The number of nitrogens with zero attached hydrogens (tertiary/aromatic N) is 2. The van der Waals surface area contributed by atoms with Crippen LogP contribution in [0.3, 0.4) is 0 Å². The minimum Gasteiger partial charge on any atom is -0.493 e. The van der Waals surface area contributed by atoms with Gasteiger partial charge in [-0.05, 0) is 68.5 Å². The monoisotopic (exact) mass is 475 g/mol. The molecule has 0 atom stereocenters. The number of amides is 1. The predicted molar refractivity (Wildman–Crippen MR) is 142 cm³/mol. The van der Waals surface area contributed by atoms with Crippen LogP contribution >= 0.6 is 0 Å². The summed E-state index contributed by atoms with van der Waals surface area (Å²) < 4.78 is 13.9. The number of para-hydroxylation sites is 2. The lowest BCUT2D eigenvalue weighted by Gasteiger charge is -2.13. The second-order valence-corrected chi connectivity index (χ2v) is 8.45. The molecule has 0 aliphatic heterocycles. The smallest absolute Gasteiger partial charge is 0.243 e. The van der Waals surface area contributed by atoms with E-state index in [1.165, 1.54) is 0 Å². The Hall–Kier alpha value is -3.54. The zero-order chi connectivity index (χ0) is 24.9. The lowest BCUT2D eigenvalue weighted by molar-refractivity contribution is -0.116. The summed E-state index contributed by atoms with van der Waals surface area (Å²) in [5, 5.41) is 2.91. The van der Waals surface area contributed by atoms with Crippen LogP contribution in [0, 0.1) is 0 Å². The van der Waals surface area contributed by atoms with Crippen molar-refractivity contribution in [3.8, 4) is 11.5 Å². The van der Waals surface area contributed by atoms with Crippen molar-refractivity contribution in [2.45, 2.75) is 52.0 Å². The second-order valence-electron chi connectivity index (χ2n) is 8.45. The summed E-state index contributed by atoms with van der Waals surface area (Å²) in [6.07, 6.45) is 10.8. The number of allylic oxidation sites excluding steroid dienone is 2. The molecular formula is C29H37N3O3. The molecule has 6 nitrogen and oxygen atoms in total. The Labute approximate surface area is 208 Å². The van der Waals surface area contributed by atoms with E-state index < -0.39 is 0 Å². The molecule has 1 N–H and O–H groups in total. The van der Waals surface area contributed by atoms with Gasteiger partial charge in [-0.1, -0.05) is 36.8 Å². The number of aromatic nitrogens is 2. The molecule has 2 aromatic carbocycles. The normalized spacial score (nSPS) is 11.1. The number of hydrogen-bond acceptors (Lipinski definition) is 4. The van der Waals surface area contributed by atoms with Crippen LogP contribution in [0.2, 0.25) is 0 Å². The van der Waals surface area contributed by atoms with Crippen LogP contribution in [0.25, 0.3) is 11.0 Å². The maximum absolute atomic E-state index is 11.5. The van der Waals surface area contributed by atoms with E-state index in [4.69, 9.17) is 14.5 Å². The van der Waals surface area contributed by atoms with Crippen molar-refractivity contribution in [3.63, 3.8) is 0 Å². The van der Waals surface area contributed by atoms with Gasteiger partial charge in [-0.3, -0.25) is 4.79 Å². The van der Waals surface area contributed by atoms with Gasteiger partial charge in [0.05, 0.1) is 24.8 Å². The second kappa shape index (κ2) is 14.0. The molecule has 0 spiro atoms. The molecule has 0 aliphatic rings. The van der Waals surface area contributed by atoms with Crippen LogP contribution in [0.4, 0.5) is 0 Å². The van der Waals surface area contributed by atoms with E-state index in [1.54, 1.807) is 19.3 Å². The van der Waals surface area contributed by atoms with Gasteiger partial charge in [0.25, 0.3) is 0 Å². The Morgan fingerprint density at radius 1 is 1.11 bits per heavy atom. The van der Waals surface area contributed by atoms with Gasteiger partial charge in [0.2, 0.25) is 5.91 Å². The summed E-state index contributed by atoms with van der Waals surface area (Å²) in [5.41, 5.74) is 3.34. The first-order chi connectivity index (χ1) is 17.2. The largest absolute Gasteiger partial charge is 0.493 e. The first-order valence-corrected chi connectivity index (χ1v) is 12.4. The van der Waals surface area contributed by atoms with E-state index in [-0.39, 0.29) is 5.91 Å². The summed E-state index contributed by atoms with van der Waals surface area (Å²) in [4.78, 5) is 16.4. The number of nitrogens with one attached hydrogen (secondary N) is 1. The lowest BCUT2D eigenvalue weighted by Crippen LogP contribution is -2.21. The average molecular weight is 476 g/mol. The van der Waals surface area contributed by atoms with Crippen molar-refractivity contribution < 1.29 is 14.3 Å². The van der Waals surface area contributed by atoms with E-state index in [2.05, 4.69) is 34.7 Å². The fourth-order valence-electron chi connectivity index (χ4n) is 4.10. The highest BCUT2D eigenvalue weighted by atomic mass is 16.5. The Balaban J connectivity index is 1.53. The molecule has 1 amide bonds. The van der Waals surface area contributed by atoms with E-state index >= 15 is 0 Å². The van der Waals surface area contributed by atoms with Crippen molar-refractivity contribution in [1.82, 2.24) is 14.9 Å². The van der Waals surface area contributed by atoms with Gasteiger partial charge < -0.3 is 19.4 Å². The molecule has 0 fully saturated rings. The third kappa shape index (κ3) is 7.74. The van der Waals surface area contributed by atoms with Gasteiger partial charge in [0.1, 0.15) is 5.82 Å². The molecule has 0 bridgehead atoms. The molecule has 0 saturated heterocycles. The molecule has 186 valence electrons. The number of aryl methyl sites for hydroxylation is 2. The highest BCUT2D eigenvalue weighted by Gasteiger charge is 2.11. The summed E-state index contributed by atoms with van der Waals surface area (Å²) >= 11 is 0. The molecule has 0 unspecified atom stereocenters. The quantitative estimate of drug-likeness (QED) is 0.175. The molecule has 6 heteroatoms. The van der Waals surface area contributed by atoms with Gasteiger partial charge in [0.15, 0.2) is 11.5 Å². The minimum atomic E-state index is -0.0261. The standard InChI is InChI=1S/C29H37N3O3/c1-4-12-23-17-18-26(27(22-23)34-3)35-21-11-20-32-25-15-9-8-14-24(25)31-28(32)16-7-6-10-19-30-29(33)13-5-2/h4-5,8-9,13-15,17-18,22H,1,6-7,10-12,16,19-21H2,2-3H3,(H,30,33)/b13-5+. The van der Waals surface area contributed by atoms with E-state index in [1.807, 2.05) is 37.3 Å². The summed E-state index contributed by atoms with van der Waals surface area (Å²) in [6.45, 7) is 7.77. The van der Waals surface area contributed by atoms with Gasteiger partial charge in [-0.15, -0.1) is 6.58 Å². The summed E-state index contributed by atoms with van der Waals surface area (Å²) in [5.74, 6) is 2.59. The Morgan fingerprint density at radius 2 is 1.97 bits per heavy atom. The molecule has 3 aromatic rings. The van der Waals surface area contributed by atoms with Crippen molar-refractivity contribution in [2.75, 3.05) is 20.3 Å². The fourth-order valence-corrected chi connectivity index (χ4v) is 4.10. The number of hydrogen-bond donors (Lipinski definition) is 1. The molecule has 35 heavy (non-hydrogen) atoms. The predicted octanol–water partition coefficient (Wildman–Crippen LogP) is 5.65. The Morgan fingerprint density at radius 3 is 2.77 bits per heavy atom. The molecular weight excluding hydrogens is 438 g/mol. The van der Waals surface area contributed by atoms with Crippen molar-refractivity contribution in [1.29, 1.82) is 0 Å². The summed E-state index contributed by atoms with van der Waals surface area (Å²) in [7, 11) is 1.67. The van der Waals surface area contributed by atoms with Crippen LogP contribution in [-0.4, -0.2) is 35.7 Å². The summed E-state index contributed by atoms with van der Waals surface area (Å²) in [6, 6.07) is 14.3. The van der Waals surface area contributed by atoms with Crippen LogP contribution in [0.1, 0.15) is 44.0 Å². The number of carbonyl (C=O) groups excluding carboxylic acids is 1. The van der Waals surface area contributed by atoms with Gasteiger partial charge in [0, 0.05) is 19.5 Å². The van der Waals surface area contributed by atoms with Crippen LogP contribution < -0.4 is 14.8 Å². The topological polar surface area (TPSA) is 65.4 Å². The van der Waals surface area contributed by atoms with Crippen molar-refractivity contribution in [3.05, 3.63) is 78.7 Å². The molecule has 1 heterocycles. The Kier molecular flexibility index (Phi) is 10.4. The number of carbonyl (C=O) groups is 1. The SMILES string of the molecule is C=CCc1ccc(OCCCn2c(CCCCCNC(=O)/C=C/C)nc3ccccc32)c(OC)c1. The number of unbranched alkanes of at least 4 members (excludes halogenated alkanes) is 2. The number of fused-ring (bicyclic) bond motifs is 1. The third-order valence-electron chi connectivity index (χ3n) is 5.82. The highest BCUT2D eigenvalue weighted by Crippen LogP contribution is 2.28. The van der Waals surface area contributed by atoms with Gasteiger partial charge in [-0.25, -0.2) is 4.98 Å². The zero-order valence-corrected chi connectivity index (χ0v) is 21.0. The van der Waals surface area contributed by atoms with Crippen molar-refractivity contribution in [2.24, 2.45) is 0 Å². The van der Waals surface area contributed by atoms with E-state index in [9.17, 15) is 4.79 Å². The van der Waals surface area contributed by atoms with Crippen LogP contribution in [-0.2, 0) is 24.2 Å². The van der Waals surface area contributed by atoms with E-state index in [0.29, 0.717) is 13.2 Å². The molecule has 0 radical (unpaired) electrons. The average Bonchev–Trinajstić information content (AvgIpc) is 3.22. The molecule has 3 rings (SSSR count). The first kappa shape index (κ1) is 26.1. The van der Waals surface area contributed by atoms with Gasteiger partial charge in [-0.2, -0.15) is 0 Å². The number of rotatable bonds is 15. The molecule has 0 aliphatic carbocycles. The lowest BCUT2D eigenvalue weighted by atomic mass is 10.1. The van der Waals surface area contributed by atoms with Crippen LogP contribution in [0.5, 0.6) is 11.5 Å². The number of imidazole rings is 1. The zero-order valence-electron chi connectivity index (χ0n) is 21.0. The number of benzene rings is 2.